The van der Waals surface area contributed by atoms with Crippen LogP contribution < -0.4 is 10.0 Å². The maximum absolute atomic E-state index is 12.3. The molecule has 1 heterocycles. The summed E-state index contributed by atoms with van der Waals surface area (Å²) in [7, 11) is -3.65. The largest absolute Gasteiger partial charge is 0.348 e. The number of amides is 1. The molecule has 5 nitrogen and oxygen atoms in total. The Bertz CT molecular complexity index is 800. The number of benzene rings is 1. The van der Waals surface area contributed by atoms with Gasteiger partial charge in [-0.1, -0.05) is 30.3 Å². The van der Waals surface area contributed by atoms with Gasteiger partial charge < -0.3 is 5.32 Å². The highest BCUT2D eigenvalue weighted by Crippen LogP contribution is 2.30. The summed E-state index contributed by atoms with van der Waals surface area (Å²) in [6.45, 7) is 1.56. The molecule has 2 unspecified atom stereocenters. The van der Waals surface area contributed by atoms with E-state index in [1.54, 1.807) is 18.4 Å². The van der Waals surface area contributed by atoms with Crippen LogP contribution in [0.15, 0.2) is 46.0 Å². The molecule has 122 valence electrons. The molecular weight excluding hydrogens is 332 g/mol. The summed E-state index contributed by atoms with van der Waals surface area (Å²) in [6.07, 6.45) is 1.77. The molecule has 0 saturated heterocycles. The van der Waals surface area contributed by atoms with Crippen LogP contribution in [0.4, 0.5) is 0 Å². The van der Waals surface area contributed by atoms with Crippen LogP contribution in [0.5, 0.6) is 0 Å². The Morgan fingerprint density at radius 2 is 2.04 bits per heavy atom. The van der Waals surface area contributed by atoms with Gasteiger partial charge in [-0.15, -0.1) is 11.3 Å². The first kappa shape index (κ1) is 16.2. The van der Waals surface area contributed by atoms with Crippen LogP contribution in [0.25, 0.3) is 0 Å². The first-order chi connectivity index (χ1) is 11.0. The number of rotatable bonds is 5. The Morgan fingerprint density at radius 1 is 1.26 bits per heavy atom. The Balaban J connectivity index is 1.65. The van der Waals surface area contributed by atoms with E-state index in [4.69, 9.17) is 0 Å². The quantitative estimate of drug-likeness (QED) is 0.868. The van der Waals surface area contributed by atoms with Gasteiger partial charge in [-0.25, -0.2) is 8.42 Å². The minimum Gasteiger partial charge on any atom is -0.348 e. The van der Waals surface area contributed by atoms with E-state index in [2.05, 4.69) is 16.1 Å². The van der Waals surface area contributed by atoms with Crippen molar-refractivity contribution in [2.45, 2.75) is 36.1 Å². The summed E-state index contributed by atoms with van der Waals surface area (Å²) >= 11 is 1.13. The van der Waals surface area contributed by atoms with E-state index >= 15 is 0 Å². The summed E-state index contributed by atoms with van der Waals surface area (Å²) in [4.78, 5) is 12.3. The maximum atomic E-state index is 12.3. The van der Waals surface area contributed by atoms with Crippen LogP contribution in [0.3, 0.4) is 0 Å². The molecule has 0 saturated carbocycles. The third-order valence-electron chi connectivity index (χ3n) is 3.93. The predicted octanol–water partition coefficient (Wildman–Crippen LogP) is 2.22. The van der Waals surface area contributed by atoms with E-state index in [1.165, 1.54) is 11.6 Å². The Kier molecular flexibility index (Phi) is 4.52. The van der Waals surface area contributed by atoms with Gasteiger partial charge in [0.25, 0.3) is 10.0 Å². The lowest BCUT2D eigenvalue weighted by Gasteiger charge is -2.18. The zero-order chi connectivity index (χ0) is 16.4. The second kappa shape index (κ2) is 6.43. The van der Waals surface area contributed by atoms with Crippen molar-refractivity contribution in [2.24, 2.45) is 0 Å². The highest BCUT2D eigenvalue weighted by atomic mass is 32.2. The number of hydrogen-bond donors (Lipinski definition) is 2. The third kappa shape index (κ3) is 3.46. The lowest BCUT2D eigenvalue weighted by molar-refractivity contribution is -0.123. The molecule has 1 amide bonds. The van der Waals surface area contributed by atoms with Crippen molar-refractivity contribution >= 4 is 27.3 Å². The highest BCUT2D eigenvalue weighted by molar-refractivity contribution is 7.91. The minimum absolute atomic E-state index is 0.0487. The second-order valence-electron chi connectivity index (χ2n) is 5.57. The molecule has 0 spiro atoms. The summed E-state index contributed by atoms with van der Waals surface area (Å²) in [6, 6.07) is 10.3. The average molecular weight is 350 g/mol. The number of fused-ring (bicyclic) bond motifs is 1. The Hall–Kier alpha value is -1.70. The standard InChI is InChI=1S/C16H18N2O3S2/c1-11(18-23(20,21)15-7-4-10-22-15)16(19)17-14-9-8-12-5-2-3-6-13(12)14/h2-7,10-11,14,18H,8-9H2,1H3,(H,17,19). The van der Waals surface area contributed by atoms with E-state index in [0.717, 1.165) is 29.7 Å². The van der Waals surface area contributed by atoms with Gasteiger partial charge in [-0.05, 0) is 42.3 Å². The van der Waals surface area contributed by atoms with Crippen LogP contribution in [0.2, 0.25) is 0 Å². The van der Waals surface area contributed by atoms with Gasteiger partial charge in [0.05, 0.1) is 12.1 Å². The molecule has 0 radical (unpaired) electrons. The van der Waals surface area contributed by atoms with Gasteiger partial charge in [-0.2, -0.15) is 4.72 Å². The number of carbonyl (C=O) groups is 1. The molecule has 2 N–H and O–H groups in total. The molecular formula is C16H18N2O3S2. The molecule has 1 aliphatic rings. The van der Waals surface area contributed by atoms with Crippen molar-refractivity contribution < 1.29 is 13.2 Å². The van der Waals surface area contributed by atoms with Crippen molar-refractivity contribution in [3.05, 3.63) is 52.9 Å². The number of carbonyl (C=O) groups excluding carboxylic acids is 1. The fraction of sp³-hybridized carbons (Fsp3) is 0.312. The van der Waals surface area contributed by atoms with Crippen LogP contribution in [-0.4, -0.2) is 20.4 Å². The van der Waals surface area contributed by atoms with Crippen LogP contribution in [0, 0.1) is 0 Å². The molecule has 1 aromatic heterocycles. The van der Waals surface area contributed by atoms with Gasteiger partial charge in [0.1, 0.15) is 4.21 Å². The summed E-state index contributed by atoms with van der Waals surface area (Å²) in [5, 5.41) is 4.63. The SMILES string of the molecule is CC(NS(=O)(=O)c1cccs1)C(=O)NC1CCc2ccccc21. The topological polar surface area (TPSA) is 75.3 Å². The normalized spacial score (nSPS) is 18.4. The van der Waals surface area contributed by atoms with Crippen molar-refractivity contribution in [1.29, 1.82) is 0 Å². The zero-order valence-corrected chi connectivity index (χ0v) is 14.3. The van der Waals surface area contributed by atoms with Crippen molar-refractivity contribution in [3.63, 3.8) is 0 Å². The van der Waals surface area contributed by atoms with E-state index in [1.807, 2.05) is 18.2 Å². The van der Waals surface area contributed by atoms with Crippen molar-refractivity contribution in [1.82, 2.24) is 10.0 Å². The van der Waals surface area contributed by atoms with E-state index in [0.29, 0.717) is 0 Å². The van der Waals surface area contributed by atoms with E-state index in [-0.39, 0.29) is 16.2 Å². The Morgan fingerprint density at radius 3 is 2.78 bits per heavy atom. The molecule has 1 aromatic carbocycles. The molecule has 23 heavy (non-hydrogen) atoms. The molecule has 3 rings (SSSR count). The first-order valence-corrected chi connectivity index (χ1v) is 9.77. The number of nitrogens with one attached hydrogen (secondary N) is 2. The number of hydrogen-bond acceptors (Lipinski definition) is 4. The van der Waals surface area contributed by atoms with Gasteiger partial charge in [0.15, 0.2) is 0 Å². The highest BCUT2D eigenvalue weighted by Gasteiger charge is 2.27. The fourth-order valence-corrected chi connectivity index (χ4v) is 4.98. The minimum atomic E-state index is -3.65. The van der Waals surface area contributed by atoms with Crippen LogP contribution in [-0.2, 0) is 21.2 Å². The van der Waals surface area contributed by atoms with E-state index in [9.17, 15) is 13.2 Å². The fourth-order valence-electron chi connectivity index (χ4n) is 2.76. The summed E-state index contributed by atoms with van der Waals surface area (Å²) in [5.74, 6) is -0.313. The lowest BCUT2D eigenvalue weighted by Crippen LogP contribution is -2.45. The number of sulfonamides is 1. The van der Waals surface area contributed by atoms with E-state index < -0.39 is 16.1 Å². The van der Waals surface area contributed by atoms with Gasteiger partial charge in [0.2, 0.25) is 5.91 Å². The summed E-state index contributed by atoms with van der Waals surface area (Å²) < 4.78 is 27.0. The van der Waals surface area contributed by atoms with Crippen LogP contribution in [0.1, 0.15) is 30.5 Å². The van der Waals surface area contributed by atoms with Gasteiger partial charge in [-0.3, -0.25) is 4.79 Å². The zero-order valence-electron chi connectivity index (χ0n) is 12.7. The smallest absolute Gasteiger partial charge is 0.250 e. The molecule has 0 bridgehead atoms. The second-order valence-corrected chi connectivity index (χ2v) is 8.46. The Labute approximate surface area is 139 Å². The molecule has 1 aliphatic carbocycles. The van der Waals surface area contributed by atoms with Crippen molar-refractivity contribution in [3.8, 4) is 0 Å². The lowest BCUT2D eigenvalue weighted by atomic mass is 10.1. The van der Waals surface area contributed by atoms with Crippen molar-refractivity contribution in [2.75, 3.05) is 0 Å². The molecule has 0 fully saturated rings. The molecule has 7 heteroatoms. The number of aryl methyl sites for hydroxylation is 1. The van der Waals surface area contributed by atoms with Crippen LogP contribution >= 0.6 is 11.3 Å². The number of thiophene rings is 1. The average Bonchev–Trinajstić information content (AvgIpc) is 3.17. The van der Waals surface area contributed by atoms with Gasteiger partial charge >= 0.3 is 0 Å². The molecule has 0 aliphatic heterocycles. The third-order valence-corrected chi connectivity index (χ3v) is 6.87. The monoisotopic (exact) mass is 350 g/mol. The predicted molar refractivity (Wildman–Crippen MR) is 89.7 cm³/mol. The maximum Gasteiger partial charge on any atom is 0.250 e. The first-order valence-electron chi connectivity index (χ1n) is 7.41. The molecule has 2 aromatic rings. The van der Waals surface area contributed by atoms with Gasteiger partial charge in [0, 0.05) is 0 Å². The molecule has 2 atom stereocenters. The summed E-state index contributed by atoms with van der Waals surface area (Å²) in [5.41, 5.74) is 2.36.